The second-order valence-electron chi connectivity index (χ2n) is 6.46. The predicted molar refractivity (Wildman–Crippen MR) is 80.7 cm³/mol. The third-order valence-electron chi connectivity index (χ3n) is 5.38. The van der Waals surface area contributed by atoms with Crippen LogP contribution in [0.5, 0.6) is 0 Å². The number of hydrogen-bond donors (Lipinski definition) is 1. The highest BCUT2D eigenvalue weighted by Gasteiger charge is 2.56. The molecule has 4 rings (SSSR count). The minimum absolute atomic E-state index is 0.0411. The molecule has 2 aliphatic heterocycles. The summed E-state index contributed by atoms with van der Waals surface area (Å²) in [5.74, 6) is 0. The van der Waals surface area contributed by atoms with Gasteiger partial charge in [-0.05, 0) is 29.3 Å². The van der Waals surface area contributed by atoms with Crippen LogP contribution in [0.25, 0.3) is 10.8 Å². The largest absolute Gasteiger partial charge is 0.351 e. The summed E-state index contributed by atoms with van der Waals surface area (Å²) >= 11 is 0. The van der Waals surface area contributed by atoms with E-state index in [0.717, 1.165) is 13.1 Å². The van der Waals surface area contributed by atoms with Gasteiger partial charge in [0.05, 0.1) is 5.66 Å². The Bertz CT molecular complexity index is 674. The van der Waals surface area contributed by atoms with Gasteiger partial charge in [-0.3, -0.25) is 5.32 Å². The van der Waals surface area contributed by atoms with Crippen LogP contribution >= 0.6 is 0 Å². The zero-order valence-corrected chi connectivity index (χ0v) is 11.8. The molecule has 0 saturated carbocycles. The van der Waals surface area contributed by atoms with Crippen molar-refractivity contribution in [2.24, 2.45) is 0 Å². The second kappa shape index (κ2) is 3.31. The van der Waals surface area contributed by atoms with E-state index in [2.05, 4.69) is 67.4 Å². The van der Waals surface area contributed by atoms with Crippen molar-refractivity contribution in [3.8, 4) is 0 Å². The monoisotopic (exact) mass is 252 g/mol. The molecular formula is C17H20N2. The van der Waals surface area contributed by atoms with Crippen molar-refractivity contribution in [3.05, 3.63) is 42.0 Å². The third kappa shape index (κ3) is 1.16. The fraction of sp³-hybridized carbons (Fsp3) is 0.412. The number of fused-ring (bicyclic) bond motifs is 5. The Hall–Kier alpha value is -1.54. The van der Waals surface area contributed by atoms with E-state index < -0.39 is 0 Å². The molecule has 0 radical (unpaired) electrons. The summed E-state index contributed by atoms with van der Waals surface area (Å²) in [6.07, 6.45) is 0. The maximum Gasteiger partial charge on any atom is 0.0974 e. The highest BCUT2D eigenvalue weighted by atomic mass is 15.4. The van der Waals surface area contributed by atoms with E-state index in [9.17, 15) is 0 Å². The zero-order valence-electron chi connectivity index (χ0n) is 11.8. The minimum Gasteiger partial charge on any atom is -0.351 e. The molecule has 2 aromatic carbocycles. The Morgan fingerprint density at radius 1 is 1.05 bits per heavy atom. The quantitative estimate of drug-likeness (QED) is 0.774. The summed E-state index contributed by atoms with van der Waals surface area (Å²) in [4.78, 5) is 2.55. The smallest absolute Gasteiger partial charge is 0.0974 e. The molecular weight excluding hydrogens is 232 g/mol. The third-order valence-corrected chi connectivity index (χ3v) is 5.38. The first-order valence-electron chi connectivity index (χ1n) is 7.11. The van der Waals surface area contributed by atoms with Crippen molar-refractivity contribution in [1.82, 2.24) is 5.32 Å². The topological polar surface area (TPSA) is 15.3 Å². The number of rotatable bonds is 0. The Morgan fingerprint density at radius 3 is 2.68 bits per heavy atom. The normalized spacial score (nSPS) is 27.6. The highest BCUT2D eigenvalue weighted by molar-refractivity contribution is 5.93. The molecule has 2 heteroatoms. The lowest BCUT2D eigenvalue weighted by atomic mass is 9.75. The lowest BCUT2D eigenvalue weighted by Gasteiger charge is -2.40. The summed E-state index contributed by atoms with van der Waals surface area (Å²) in [6, 6.07) is 13.3. The summed E-state index contributed by atoms with van der Waals surface area (Å²) in [5.41, 5.74) is 3.07. The summed E-state index contributed by atoms with van der Waals surface area (Å²) in [6.45, 7) is 9.26. The number of nitrogens with zero attached hydrogens (tertiary/aromatic N) is 1. The van der Waals surface area contributed by atoms with Crippen molar-refractivity contribution in [1.29, 1.82) is 0 Å². The summed E-state index contributed by atoms with van der Waals surface area (Å²) < 4.78 is 0. The highest BCUT2D eigenvalue weighted by Crippen LogP contribution is 2.53. The Labute approximate surface area is 114 Å². The van der Waals surface area contributed by atoms with E-state index in [1.807, 2.05) is 0 Å². The molecule has 0 aromatic heterocycles. The van der Waals surface area contributed by atoms with Gasteiger partial charge < -0.3 is 4.90 Å². The van der Waals surface area contributed by atoms with E-state index in [-0.39, 0.29) is 11.1 Å². The fourth-order valence-electron chi connectivity index (χ4n) is 4.04. The van der Waals surface area contributed by atoms with Gasteiger partial charge in [0, 0.05) is 24.2 Å². The lowest BCUT2D eigenvalue weighted by molar-refractivity contribution is 0.275. The molecule has 1 saturated heterocycles. The molecule has 1 unspecified atom stereocenters. The Balaban J connectivity index is 2.11. The molecule has 1 fully saturated rings. The molecule has 0 aliphatic carbocycles. The first-order valence-corrected chi connectivity index (χ1v) is 7.11. The maximum atomic E-state index is 3.72. The van der Waals surface area contributed by atoms with Gasteiger partial charge in [0.1, 0.15) is 0 Å². The molecule has 1 atom stereocenters. The molecule has 2 nitrogen and oxygen atoms in total. The van der Waals surface area contributed by atoms with Crippen LogP contribution in [0.3, 0.4) is 0 Å². The van der Waals surface area contributed by atoms with E-state index in [4.69, 9.17) is 0 Å². The van der Waals surface area contributed by atoms with Gasteiger partial charge in [-0.1, -0.05) is 44.2 Å². The van der Waals surface area contributed by atoms with E-state index in [1.54, 1.807) is 0 Å². The number of hydrogen-bond acceptors (Lipinski definition) is 2. The van der Waals surface area contributed by atoms with Crippen molar-refractivity contribution in [3.63, 3.8) is 0 Å². The molecule has 2 aliphatic rings. The van der Waals surface area contributed by atoms with E-state index in [1.165, 1.54) is 22.0 Å². The molecule has 0 amide bonds. The first kappa shape index (κ1) is 11.3. The molecule has 1 N–H and O–H groups in total. The van der Waals surface area contributed by atoms with Crippen LogP contribution in [-0.4, -0.2) is 18.8 Å². The first-order chi connectivity index (χ1) is 9.06. The van der Waals surface area contributed by atoms with Gasteiger partial charge in [0.2, 0.25) is 0 Å². The van der Waals surface area contributed by atoms with Crippen LogP contribution in [-0.2, 0) is 5.41 Å². The lowest BCUT2D eigenvalue weighted by Crippen LogP contribution is -2.57. The van der Waals surface area contributed by atoms with Gasteiger partial charge in [-0.15, -0.1) is 0 Å². The molecule has 0 spiro atoms. The molecule has 19 heavy (non-hydrogen) atoms. The molecule has 2 heterocycles. The maximum absolute atomic E-state index is 3.72. The molecule has 0 bridgehead atoms. The summed E-state index contributed by atoms with van der Waals surface area (Å²) in [7, 11) is 0. The van der Waals surface area contributed by atoms with Gasteiger partial charge in [-0.2, -0.15) is 0 Å². The van der Waals surface area contributed by atoms with E-state index in [0.29, 0.717) is 0 Å². The van der Waals surface area contributed by atoms with Gasteiger partial charge in [0.25, 0.3) is 0 Å². The van der Waals surface area contributed by atoms with Gasteiger partial charge in [0.15, 0.2) is 0 Å². The Kier molecular flexibility index (Phi) is 1.97. The number of anilines is 1. The Morgan fingerprint density at radius 2 is 1.84 bits per heavy atom. The van der Waals surface area contributed by atoms with Crippen LogP contribution in [0, 0.1) is 0 Å². The average Bonchev–Trinajstić information content (AvgIpc) is 2.86. The van der Waals surface area contributed by atoms with Gasteiger partial charge in [-0.25, -0.2) is 0 Å². The zero-order chi connectivity index (χ0) is 13.3. The van der Waals surface area contributed by atoms with Crippen LogP contribution < -0.4 is 10.2 Å². The van der Waals surface area contributed by atoms with Crippen LogP contribution in [0.4, 0.5) is 5.69 Å². The van der Waals surface area contributed by atoms with Crippen molar-refractivity contribution in [2.75, 3.05) is 18.0 Å². The molecule has 2 aromatic rings. The number of nitrogens with one attached hydrogen (secondary N) is 1. The van der Waals surface area contributed by atoms with Crippen molar-refractivity contribution < 1.29 is 0 Å². The minimum atomic E-state index is 0.0411. The van der Waals surface area contributed by atoms with Gasteiger partial charge >= 0.3 is 0 Å². The van der Waals surface area contributed by atoms with E-state index >= 15 is 0 Å². The van der Waals surface area contributed by atoms with Crippen LogP contribution in [0.2, 0.25) is 0 Å². The second-order valence-corrected chi connectivity index (χ2v) is 6.46. The SMILES string of the molecule is CC1(C)c2c(ccc3ccccc23)N2CCNC21C. The van der Waals surface area contributed by atoms with Crippen molar-refractivity contribution in [2.45, 2.75) is 31.8 Å². The van der Waals surface area contributed by atoms with Crippen LogP contribution in [0.1, 0.15) is 26.3 Å². The molecule has 98 valence electrons. The summed E-state index contributed by atoms with van der Waals surface area (Å²) in [5, 5.41) is 6.47. The predicted octanol–water partition coefficient (Wildman–Crippen LogP) is 3.26. The van der Waals surface area contributed by atoms with Crippen molar-refractivity contribution >= 4 is 16.5 Å². The van der Waals surface area contributed by atoms with Crippen LogP contribution in [0.15, 0.2) is 36.4 Å². The standard InChI is InChI=1S/C17H20N2/c1-16(2)15-13-7-5-4-6-12(13)8-9-14(15)19-11-10-18-17(16,19)3/h4-9,18H,10-11H2,1-3H3. The number of benzene rings is 2. The fourth-order valence-corrected chi connectivity index (χ4v) is 4.04. The average molecular weight is 252 g/mol.